The van der Waals surface area contributed by atoms with Crippen molar-refractivity contribution < 1.29 is 14.3 Å². The molecule has 1 atom stereocenters. The average Bonchev–Trinajstić information content (AvgIpc) is 2.93. The van der Waals surface area contributed by atoms with Gasteiger partial charge in [-0.1, -0.05) is 12.1 Å². The fourth-order valence-electron chi connectivity index (χ4n) is 1.96. The summed E-state index contributed by atoms with van der Waals surface area (Å²) < 4.78 is 11.0. The van der Waals surface area contributed by atoms with Gasteiger partial charge in [0.1, 0.15) is 12.0 Å². The van der Waals surface area contributed by atoms with Gasteiger partial charge in [-0.05, 0) is 12.1 Å². The van der Waals surface area contributed by atoms with E-state index in [0.29, 0.717) is 18.1 Å². The Kier molecular flexibility index (Phi) is 6.98. The number of nitrogens with zero attached hydrogens (tertiary/aromatic N) is 1. The molecule has 1 aliphatic rings. The number of methoxy groups -OCH3 is 1. The fraction of sp³-hybridized carbons (Fsp3) is 0.462. The van der Waals surface area contributed by atoms with Crippen LogP contribution in [-0.2, 0) is 4.79 Å². The lowest BCUT2D eigenvalue weighted by molar-refractivity contribution is -0.130. The van der Waals surface area contributed by atoms with Gasteiger partial charge in [0.05, 0.1) is 13.7 Å². The molecule has 1 amide bonds. The van der Waals surface area contributed by atoms with Crippen molar-refractivity contribution in [2.75, 3.05) is 32.6 Å². The van der Waals surface area contributed by atoms with E-state index >= 15 is 0 Å². The Hall–Kier alpha value is -1.11. The van der Waals surface area contributed by atoms with Gasteiger partial charge in [0.2, 0.25) is 5.91 Å². The maximum absolute atomic E-state index is 11.7. The molecule has 7 heteroatoms. The van der Waals surface area contributed by atoms with Gasteiger partial charge < -0.3 is 20.1 Å². The SMILES string of the molecule is COc1ccccc1OCC1SCCN1C(=O)CN.Cl. The number of thioether (sulfide) groups is 1. The van der Waals surface area contributed by atoms with Crippen molar-refractivity contribution in [2.45, 2.75) is 5.37 Å². The van der Waals surface area contributed by atoms with Crippen LogP contribution in [0, 0.1) is 0 Å². The molecule has 0 radical (unpaired) electrons. The number of carbonyl (C=O) groups excluding carboxylic acids is 1. The second-order valence-electron chi connectivity index (χ2n) is 4.08. The summed E-state index contributed by atoms with van der Waals surface area (Å²) in [5.41, 5.74) is 5.41. The third-order valence-electron chi connectivity index (χ3n) is 2.94. The number of hydrogen-bond acceptors (Lipinski definition) is 5. The van der Waals surface area contributed by atoms with E-state index in [1.54, 1.807) is 23.8 Å². The topological polar surface area (TPSA) is 64.8 Å². The van der Waals surface area contributed by atoms with Crippen LogP contribution in [0.1, 0.15) is 0 Å². The van der Waals surface area contributed by atoms with Gasteiger partial charge in [0.25, 0.3) is 0 Å². The molecule has 0 aliphatic carbocycles. The van der Waals surface area contributed by atoms with Crippen LogP contribution < -0.4 is 15.2 Å². The monoisotopic (exact) mass is 318 g/mol. The molecule has 1 unspecified atom stereocenters. The second kappa shape index (κ2) is 8.24. The Morgan fingerprint density at radius 1 is 1.45 bits per heavy atom. The number of halogens is 1. The predicted molar refractivity (Wildman–Crippen MR) is 82.8 cm³/mol. The van der Waals surface area contributed by atoms with Gasteiger partial charge in [0.15, 0.2) is 11.5 Å². The van der Waals surface area contributed by atoms with Crippen LogP contribution in [0.15, 0.2) is 24.3 Å². The number of rotatable bonds is 5. The van der Waals surface area contributed by atoms with Crippen molar-refractivity contribution in [3.8, 4) is 11.5 Å². The van der Waals surface area contributed by atoms with E-state index < -0.39 is 0 Å². The number of ether oxygens (including phenoxy) is 2. The molecule has 1 fully saturated rings. The molecule has 1 heterocycles. The largest absolute Gasteiger partial charge is 0.493 e. The molecule has 0 saturated carbocycles. The number of nitrogens with two attached hydrogens (primary N) is 1. The Morgan fingerprint density at radius 3 is 2.80 bits per heavy atom. The number of hydrogen-bond donors (Lipinski definition) is 1. The smallest absolute Gasteiger partial charge is 0.237 e. The molecule has 1 aromatic carbocycles. The van der Waals surface area contributed by atoms with E-state index in [1.165, 1.54) is 0 Å². The minimum Gasteiger partial charge on any atom is -0.493 e. The zero-order chi connectivity index (χ0) is 13.7. The number of benzene rings is 1. The summed E-state index contributed by atoms with van der Waals surface area (Å²) >= 11 is 1.71. The Morgan fingerprint density at radius 2 is 2.15 bits per heavy atom. The highest BCUT2D eigenvalue weighted by Gasteiger charge is 2.29. The van der Waals surface area contributed by atoms with Crippen LogP contribution in [0.4, 0.5) is 0 Å². The molecule has 1 saturated heterocycles. The Labute approximate surface area is 129 Å². The van der Waals surface area contributed by atoms with Crippen LogP contribution in [0.5, 0.6) is 11.5 Å². The molecule has 1 aliphatic heterocycles. The van der Waals surface area contributed by atoms with E-state index in [-0.39, 0.29) is 30.2 Å². The zero-order valence-electron chi connectivity index (χ0n) is 11.3. The summed E-state index contributed by atoms with van der Waals surface area (Å²) in [5.74, 6) is 2.28. The average molecular weight is 319 g/mol. The standard InChI is InChI=1S/C13H18N2O3S.ClH/c1-17-10-4-2-3-5-11(10)18-9-13-15(6-7-19-13)12(16)8-14;/h2-5,13H,6-9,14H2,1H3;1H. The zero-order valence-corrected chi connectivity index (χ0v) is 12.9. The van der Waals surface area contributed by atoms with E-state index in [4.69, 9.17) is 15.2 Å². The van der Waals surface area contributed by atoms with Crippen LogP contribution in [0.2, 0.25) is 0 Å². The number of amides is 1. The fourth-order valence-corrected chi connectivity index (χ4v) is 3.10. The highest BCUT2D eigenvalue weighted by molar-refractivity contribution is 8.00. The van der Waals surface area contributed by atoms with Crippen molar-refractivity contribution >= 4 is 30.1 Å². The lowest BCUT2D eigenvalue weighted by Crippen LogP contribution is -2.41. The molecule has 0 bridgehead atoms. The molecule has 1 aromatic rings. The van der Waals surface area contributed by atoms with Crippen molar-refractivity contribution in [3.63, 3.8) is 0 Å². The Balaban J connectivity index is 0.00000200. The van der Waals surface area contributed by atoms with Crippen LogP contribution in [-0.4, -0.2) is 48.7 Å². The molecule has 2 N–H and O–H groups in total. The van der Waals surface area contributed by atoms with Gasteiger partial charge in [0, 0.05) is 12.3 Å². The van der Waals surface area contributed by atoms with Crippen molar-refractivity contribution in [3.05, 3.63) is 24.3 Å². The van der Waals surface area contributed by atoms with Crippen molar-refractivity contribution in [2.24, 2.45) is 5.73 Å². The first kappa shape index (κ1) is 16.9. The Bertz CT molecular complexity index is 447. The lowest BCUT2D eigenvalue weighted by Gasteiger charge is -2.23. The third kappa shape index (κ3) is 3.94. The summed E-state index contributed by atoms with van der Waals surface area (Å²) in [6.45, 7) is 1.23. The number of para-hydroxylation sites is 2. The van der Waals surface area contributed by atoms with Gasteiger partial charge in [-0.3, -0.25) is 4.79 Å². The summed E-state index contributed by atoms with van der Waals surface area (Å²) in [7, 11) is 1.61. The van der Waals surface area contributed by atoms with Crippen LogP contribution >= 0.6 is 24.2 Å². The molecule has 20 heavy (non-hydrogen) atoms. The molecule has 112 valence electrons. The first-order valence-electron chi connectivity index (χ1n) is 6.13. The van der Waals surface area contributed by atoms with E-state index in [9.17, 15) is 4.79 Å². The molecule has 2 rings (SSSR count). The maximum atomic E-state index is 11.7. The lowest BCUT2D eigenvalue weighted by atomic mass is 10.3. The van der Waals surface area contributed by atoms with Gasteiger partial charge in [-0.2, -0.15) is 0 Å². The second-order valence-corrected chi connectivity index (χ2v) is 5.36. The summed E-state index contributed by atoms with van der Waals surface area (Å²) in [6, 6.07) is 7.48. The minimum atomic E-state index is -0.0290. The summed E-state index contributed by atoms with van der Waals surface area (Å²) in [6.07, 6.45) is 0. The van der Waals surface area contributed by atoms with E-state index in [2.05, 4.69) is 0 Å². The summed E-state index contributed by atoms with van der Waals surface area (Å²) in [5, 5.41) is 0.0287. The quantitative estimate of drug-likeness (QED) is 0.888. The summed E-state index contributed by atoms with van der Waals surface area (Å²) in [4.78, 5) is 13.4. The van der Waals surface area contributed by atoms with E-state index in [1.807, 2.05) is 24.3 Å². The molecular weight excluding hydrogens is 300 g/mol. The van der Waals surface area contributed by atoms with E-state index in [0.717, 1.165) is 12.3 Å². The number of carbonyl (C=O) groups is 1. The van der Waals surface area contributed by atoms with Crippen LogP contribution in [0.25, 0.3) is 0 Å². The van der Waals surface area contributed by atoms with Crippen molar-refractivity contribution in [1.29, 1.82) is 0 Å². The predicted octanol–water partition coefficient (Wildman–Crippen LogP) is 1.36. The first-order chi connectivity index (χ1) is 9.26. The molecular formula is C13H19ClN2O3S. The van der Waals surface area contributed by atoms with Crippen molar-refractivity contribution in [1.82, 2.24) is 4.90 Å². The highest BCUT2D eigenvalue weighted by atomic mass is 35.5. The van der Waals surface area contributed by atoms with Gasteiger partial charge >= 0.3 is 0 Å². The maximum Gasteiger partial charge on any atom is 0.237 e. The van der Waals surface area contributed by atoms with Crippen LogP contribution in [0.3, 0.4) is 0 Å². The molecule has 0 spiro atoms. The highest BCUT2D eigenvalue weighted by Crippen LogP contribution is 2.29. The molecule has 0 aromatic heterocycles. The van der Waals surface area contributed by atoms with Gasteiger partial charge in [-0.25, -0.2) is 0 Å². The normalized spacial score (nSPS) is 17.5. The first-order valence-corrected chi connectivity index (χ1v) is 7.18. The minimum absolute atomic E-state index is 0. The van der Waals surface area contributed by atoms with Gasteiger partial charge in [-0.15, -0.1) is 24.2 Å². The molecule has 5 nitrogen and oxygen atoms in total. The third-order valence-corrected chi connectivity index (χ3v) is 4.13.